The van der Waals surface area contributed by atoms with Crippen molar-refractivity contribution in [3.8, 4) is 0 Å². The van der Waals surface area contributed by atoms with Gasteiger partial charge in [-0.05, 0) is 25.5 Å². The average Bonchev–Trinajstić information content (AvgIpc) is 2.52. The van der Waals surface area contributed by atoms with Crippen LogP contribution in [0.1, 0.15) is 38.2 Å². The van der Waals surface area contributed by atoms with Crippen molar-refractivity contribution in [2.24, 2.45) is 0 Å². The predicted octanol–water partition coefficient (Wildman–Crippen LogP) is 3.43. The fourth-order valence-electron chi connectivity index (χ4n) is 1.82. The first kappa shape index (κ1) is 19.9. The highest BCUT2D eigenvalue weighted by molar-refractivity contribution is 7.86. The lowest BCUT2D eigenvalue weighted by Gasteiger charge is -2.15. The largest absolute Gasteiger partial charge is 0.463 e. The molecular formula is C16H23ClO5S. The van der Waals surface area contributed by atoms with Gasteiger partial charge in [0.25, 0.3) is 10.1 Å². The van der Waals surface area contributed by atoms with Crippen molar-refractivity contribution in [3.63, 3.8) is 0 Å². The fraction of sp³-hybridized carbons (Fsp3) is 0.562. The molecule has 0 heterocycles. The highest BCUT2D eigenvalue weighted by Crippen LogP contribution is 2.16. The van der Waals surface area contributed by atoms with Crippen LogP contribution in [0.2, 0.25) is 0 Å². The topological polar surface area (TPSA) is 69.7 Å². The second-order valence-electron chi connectivity index (χ2n) is 5.28. The van der Waals surface area contributed by atoms with E-state index in [2.05, 4.69) is 0 Å². The molecule has 0 N–H and O–H groups in total. The number of ether oxygens (including phenoxy) is 1. The average molecular weight is 363 g/mol. The van der Waals surface area contributed by atoms with Crippen molar-refractivity contribution >= 4 is 27.7 Å². The third-order valence-electron chi connectivity index (χ3n) is 3.16. The highest BCUT2D eigenvalue weighted by atomic mass is 35.5. The molecule has 1 unspecified atom stereocenters. The summed E-state index contributed by atoms with van der Waals surface area (Å²) in [5, 5.41) is 0. The lowest BCUT2D eigenvalue weighted by Crippen LogP contribution is -2.27. The first-order valence-corrected chi connectivity index (χ1v) is 9.55. The highest BCUT2D eigenvalue weighted by Gasteiger charge is 2.22. The molecule has 0 radical (unpaired) electrons. The zero-order valence-corrected chi connectivity index (χ0v) is 15.0. The summed E-state index contributed by atoms with van der Waals surface area (Å²) < 4.78 is 34.4. The third-order valence-corrected chi connectivity index (χ3v) is 4.88. The normalized spacial score (nSPS) is 12.8. The number of benzene rings is 1. The van der Waals surface area contributed by atoms with Gasteiger partial charge >= 0.3 is 5.97 Å². The Morgan fingerprint density at radius 1 is 1.22 bits per heavy atom. The Hall–Kier alpha value is -1.11. The summed E-state index contributed by atoms with van der Waals surface area (Å²) in [7, 11) is -3.93. The maximum absolute atomic E-state index is 12.1. The van der Waals surface area contributed by atoms with Crippen LogP contribution in [0.25, 0.3) is 0 Å². The number of alkyl halides is 1. The molecule has 0 aliphatic rings. The predicted molar refractivity (Wildman–Crippen MR) is 89.1 cm³/mol. The number of aryl methyl sites for hydroxylation is 1. The SMILES string of the molecule is CCCCCC(=O)OCC(CCl)OS(=O)(=O)c1ccc(C)cc1. The van der Waals surface area contributed by atoms with E-state index in [1.54, 1.807) is 12.1 Å². The van der Waals surface area contributed by atoms with E-state index in [1.807, 2.05) is 13.8 Å². The molecular weight excluding hydrogens is 340 g/mol. The van der Waals surface area contributed by atoms with Crippen LogP contribution in [0.3, 0.4) is 0 Å². The van der Waals surface area contributed by atoms with E-state index in [9.17, 15) is 13.2 Å². The van der Waals surface area contributed by atoms with Gasteiger partial charge in [-0.25, -0.2) is 0 Å². The lowest BCUT2D eigenvalue weighted by atomic mass is 10.2. The molecule has 1 rings (SSSR count). The van der Waals surface area contributed by atoms with E-state index in [0.29, 0.717) is 6.42 Å². The minimum absolute atomic E-state index is 0.0486. The molecule has 0 saturated heterocycles. The van der Waals surface area contributed by atoms with Crippen LogP contribution in [0.15, 0.2) is 29.2 Å². The maximum Gasteiger partial charge on any atom is 0.305 e. The first-order valence-electron chi connectivity index (χ1n) is 7.60. The Bertz CT molecular complexity index is 583. The second kappa shape index (κ2) is 9.90. The number of esters is 1. The van der Waals surface area contributed by atoms with Crippen molar-refractivity contribution in [1.29, 1.82) is 0 Å². The minimum atomic E-state index is -3.93. The van der Waals surface area contributed by atoms with Gasteiger partial charge < -0.3 is 4.74 Å². The van der Waals surface area contributed by atoms with E-state index >= 15 is 0 Å². The Labute approximate surface area is 143 Å². The van der Waals surface area contributed by atoms with Crippen molar-refractivity contribution in [3.05, 3.63) is 29.8 Å². The summed E-state index contributed by atoms with van der Waals surface area (Å²) in [6.07, 6.45) is 2.12. The van der Waals surface area contributed by atoms with Gasteiger partial charge in [0.15, 0.2) is 0 Å². The summed E-state index contributed by atoms with van der Waals surface area (Å²) >= 11 is 5.72. The minimum Gasteiger partial charge on any atom is -0.463 e. The second-order valence-corrected chi connectivity index (χ2v) is 7.16. The molecule has 1 aromatic rings. The van der Waals surface area contributed by atoms with Crippen LogP contribution in [0.4, 0.5) is 0 Å². The number of carbonyl (C=O) groups excluding carboxylic acids is 1. The number of hydrogen-bond donors (Lipinski definition) is 0. The molecule has 0 spiro atoms. The molecule has 0 aliphatic heterocycles. The zero-order chi connectivity index (χ0) is 17.3. The van der Waals surface area contributed by atoms with Crippen LogP contribution >= 0.6 is 11.6 Å². The lowest BCUT2D eigenvalue weighted by molar-refractivity contribution is -0.145. The van der Waals surface area contributed by atoms with Crippen molar-refractivity contribution in [2.45, 2.75) is 50.5 Å². The van der Waals surface area contributed by atoms with E-state index in [0.717, 1.165) is 24.8 Å². The summed E-state index contributed by atoms with van der Waals surface area (Å²) in [4.78, 5) is 11.6. The van der Waals surface area contributed by atoms with Gasteiger partial charge in [0.05, 0.1) is 10.8 Å². The van der Waals surface area contributed by atoms with Crippen molar-refractivity contribution < 1.29 is 22.1 Å². The van der Waals surface area contributed by atoms with E-state index in [4.69, 9.17) is 20.5 Å². The van der Waals surface area contributed by atoms with E-state index in [-0.39, 0.29) is 23.4 Å². The quantitative estimate of drug-likeness (QED) is 0.276. The molecule has 5 nitrogen and oxygen atoms in total. The fourth-order valence-corrected chi connectivity index (χ4v) is 3.10. The zero-order valence-electron chi connectivity index (χ0n) is 13.5. The standard InChI is InChI=1S/C16H23ClO5S/c1-3-4-5-6-16(18)21-12-14(11-17)22-23(19,20)15-9-7-13(2)8-10-15/h7-10,14H,3-6,11-12H2,1-2H3. The Balaban J connectivity index is 2.54. The molecule has 7 heteroatoms. The van der Waals surface area contributed by atoms with Crippen molar-refractivity contribution in [2.75, 3.05) is 12.5 Å². The van der Waals surface area contributed by atoms with Crippen LogP contribution in [-0.2, 0) is 23.8 Å². The molecule has 0 aliphatic carbocycles. The van der Waals surface area contributed by atoms with Crippen LogP contribution in [0.5, 0.6) is 0 Å². The molecule has 0 aromatic heterocycles. The van der Waals surface area contributed by atoms with Gasteiger partial charge in [0.2, 0.25) is 0 Å². The molecule has 0 amide bonds. The molecule has 130 valence electrons. The number of carbonyl (C=O) groups is 1. The summed E-state index contributed by atoms with van der Waals surface area (Å²) in [6.45, 7) is 3.72. The molecule has 23 heavy (non-hydrogen) atoms. The van der Waals surface area contributed by atoms with Crippen LogP contribution in [-0.4, -0.2) is 33.0 Å². The van der Waals surface area contributed by atoms with Gasteiger partial charge in [-0.3, -0.25) is 8.98 Å². The van der Waals surface area contributed by atoms with Gasteiger partial charge in [0.1, 0.15) is 12.7 Å². The maximum atomic E-state index is 12.1. The number of unbranched alkanes of at least 4 members (excludes halogenated alkanes) is 2. The summed E-state index contributed by atoms with van der Waals surface area (Å²) in [6, 6.07) is 6.29. The third kappa shape index (κ3) is 7.33. The Morgan fingerprint density at radius 3 is 2.43 bits per heavy atom. The Kier molecular flexibility index (Phi) is 8.58. The molecule has 1 atom stereocenters. The van der Waals surface area contributed by atoms with Crippen LogP contribution < -0.4 is 0 Å². The van der Waals surface area contributed by atoms with Crippen LogP contribution in [0, 0.1) is 6.92 Å². The number of rotatable bonds is 10. The number of hydrogen-bond acceptors (Lipinski definition) is 5. The molecule has 0 saturated carbocycles. The summed E-state index contributed by atoms with van der Waals surface area (Å²) in [5.74, 6) is -0.460. The van der Waals surface area contributed by atoms with Crippen molar-refractivity contribution in [1.82, 2.24) is 0 Å². The Morgan fingerprint density at radius 2 is 1.87 bits per heavy atom. The summed E-state index contributed by atoms with van der Waals surface area (Å²) in [5.41, 5.74) is 0.943. The van der Waals surface area contributed by atoms with Gasteiger partial charge in [-0.15, -0.1) is 11.6 Å². The molecule has 0 bridgehead atoms. The van der Waals surface area contributed by atoms with E-state index < -0.39 is 16.2 Å². The number of halogens is 1. The van der Waals surface area contributed by atoms with Gasteiger partial charge in [0, 0.05) is 6.42 Å². The van der Waals surface area contributed by atoms with Gasteiger partial charge in [-0.2, -0.15) is 8.42 Å². The smallest absolute Gasteiger partial charge is 0.305 e. The molecule has 0 fully saturated rings. The van der Waals surface area contributed by atoms with Gasteiger partial charge in [-0.1, -0.05) is 37.5 Å². The van der Waals surface area contributed by atoms with E-state index in [1.165, 1.54) is 12.1 Å². The first-order chi connectivity index (χ1) is 10.9. The monoisotopic (exact) mass is 362 g/mol. The molecule has 1 aromatic carbocycles.